The molecular weight excluding hydrogens is 364 g/mol. The van der Waals surface area contributed by atoms with Crippen LogP contribution in [-0.2, 0) is 6.54 Å². The van der Waals surface area contributed by atoms with Crippen LogP contribution < -0.4 is 4.74 Å². The summed E-state index contributed by atoms with van der Waals surface area (Å²) >= 11 is 0. The van der Waals surface area contributed by atoms with Crippen LogP contribution >= 0.6 is 0 Å². The molecule has 1 aliphatic heterocycles. The van der Waals surface area contributed by atoms with Gasteiger partial charge in [0.25, 0.3) is 5.91 Å². The zero-order valence-electron chi connectivity index (χ0n) is 16.9. The number of benzene rings is 2. The summed E-state index contributed by atoms with van der Waals surface area (Å²) in [4.78, 5) is 17.2. The summed E-state index contributed by atoms with van der Waals surface area (Å²) in [6.45, 7) is 6.15. The summed E-state index contributed by atoms with van der Waals surface area (Å²) in [5.74, 6) is 0.968. The lowest BCUT2D eigenvalue weighted by molar-refractivity contribution is 0.0628. The van der Waals surface area contributed by atoms with Crippen molar-refractivity contribution in [2.75, 3.05) is 33.3 Å². The van der Waals surface area contributed by atoms with Gasteiger partial charge in [-0.1, -0.05) is 12.1 Å². The average molecular weight is 390 g/mol. The lowest BCUT2D eigenvalue weighted by Gasteiger charge is -2.34. The van der Waals surface area contributed by atoms with E-state index in [0.717, 1.165) is 55.4 Å². The fourth-order valence-electron chi connectivity index (χ4n) is 3.67. The minimum absolute atomic E-state index is 0.0952. The Balaban J connectivity index is 1.33. The van der Waals surface area contributed by atoms with E-state index in [1.165, 1.54) is 5.56 Å². The van der Waals surface area contributed by atoms with Crippen molar-refractivity contribution in [1.82, 2.24) is 19.6 Å². The molecule has 2 aromatic carbocycles. The number of rotatable bonds is 5. The van der Waals surface area contributed by atoms with E-state index in [0.29, 0.717) is 0 Å². The van der Waals surface area contributed by atoms with Crippen molar-refractivity contribution in [3.05, 3.63) is 77.6 Å². The molecule has 150 valence electrons. The molecule has 1 amide bonds. The molecule has 0 N–H and O–H groups in total. The Morgan fingerprint density at radius 2 is 1.66 bits per heavy atom. The Morgan fingerprint density at radius 3 is 2.24 bits per heavy atom. The molecular formula is C23H26N4O2. The maximum atomic E-state index is 12.9. The SMILES string of the molecule is COc1ccc(CN2CCN(C(=O)c3ccc(-n4nccc4C)cc3)CC2)cc1. The van der Waals surface area contributed by atoms with Gasteiger partial charge in [-0.05, 0) is 55.0 Å². The molecule has 4 rings (SSSR count). The van der Waals surface area contributed by atoms with E-state index in [4.69, 9.17) is 4.74 Å². The lowest BCUT2D eigenvalue weighted by Crippen LogP contribution is -2.48. The summed E-state index contributed by atoms with van der Waals surface area (Å²) in [7, 11) is 1.68. The minimum Gasteiger partial charge on any atom is -0.497 e. The van der Waals surface area contributed by atoms with E-state index in [2.05, 4.69) is 22.1 Å². The molecule has 1 aromatic heterocycles. The number of nitrogens with zero attached hydrogens (tertiary/aromatic N) is 4. The van der Waals surface area contributed by atoms with Crippen molar-refractivity contribution in [2.45, 2.75) is 13.5 Å². The van der Waals surface area contributed by atoms with Gasteiger partial charge in [-0.2, -0.15) is 5.10 Å². The van der Waals surface area contributed by atoms with E-state index in [-0.39, 0.29) is 5.91 Å². The van der Waals surface area contributed by atoms with Gasteiger partial charge in [-0.3, -0.25) is 9.69 Å². The van der Waals surface area contributed by atoms with Crippen molar-refractivity contribution < 1.29 is 9.53 Å². The normalized spacial score (nSPS) is 14.8. The van der Waals surface area contributed by atoms with Crippen molar-refractivity contribution in [2.24, 2.45) is 0 Å². The Hall–Kier alpha value is -3.12. The quantitative estimate of drug-likeness (QED) is 0.672. The fraction of sp³-hybridized carbons (Fsp3) is 0.304. The highest BCUT2D eigenvalue weighted by Gasteiger charge is 2.22. The Bertz CT molecular complexity index is 955. The lowest BCUT2D eigenvalue weighted by atomic mass is 10.1. The molecule has 1 saturated heterocycles. The van der Waals surface area contributed by atoms with Gasteiger partial charge in [-0.25, -0.2) is 4.68 Å². The van der Waals surface area contributed by atoms with Crippen LogP contribution in [0.4, 0.5) is 0 Å². The van der Waals surface area contributed by atoms with E-state index in [9.17, 15) is 4.79 Å². The second-order valence-electron chi connectivity index (χ2n) is 7.35. The van der Waals surface area contributed by atoms with Gasteiger partial charge in [-0.15, -0.1) is 0 Å². The highest BCUT2D eigenvalue weighted by molar-refractivity contribution is 5.94. The topological polar surface area (TPSA) is 50.6 Å². The average Bonchev–Trinajstić information content (AvgIpc) is 3.20. The first kappa shape index (κ1) is 19.2. The number of hydrogen-bond acceptors (Lipinski definition) is 4. The number of carbonyl (C=O) groups is 1. The van der Waals surface area contributed by atoms with E-state index in [1.54, 1.807) is 13.3 Å². The monoisotopic (exact) mass is 390 g/mol. The van der Waals surface area contributed by atoms with Crippen LogP contribution in [0.15, 0.2) is 60.8 Å². The van der Waals surface area contributed by atoms with Crippen molar-refractivity contribution >= 4 is 5.91 Å². The van der Waals surface area contributed by atoms with Gasteiger partial charge < -0.3 is 9.64 Å². The van der Waals surface area contributed by atoms with Crippen LogP contribution in [0.1, 0.15) is 21.6 Å². The summed E-state index contributed by atoms with van der Waals surface area (Å²) in [5.41, 5.74) is 4.02. The number of hydrogen-bond donors (Lipinski definition) is 0. The molecule has 0 saturated carbocycles. The zero-order valence-corrected chi connectivity index (χ0v) is 16.9. The number of piperazine rings is 1. The van der Waals surface area contributed by atoms with Crippen LogP contribution in [0.25, 0.3) is 5.69 Å². The second kappa shape index (κ2) is 8.49. The highest BCUT2D eigenvalue weighted by atomic mass is 16.5. The molecule has 1 fully saturated rings. The van der Waals surface area contributed by atoms with Crippen LogP contribution in [0.5, 0.6) is 5.75 Å². The van der Waals surface area contributed by atoms with Gasteiger partial charge in [0.05, 0.1) is 12.8 Å². The van der Waals surface area contributed by atoms with Crippen molar-refractivity contribution in [3.8, 4) is 11.4 Å². The number of amides is 1. The van der Waals surface area contributed by atoms with E-state index < -0.39 is 0 Å². The molecule has 3 aromatic rings. The van der Waals surface area contributed by atoms with Gasteiger partial charge >= 0.3 is 0 Å². The molecule has 6 nitrogen and oxygen atoms in total. The number of aromatic nitrogens is 2. The number of aryl methyl sites for hydroxylation is 1. The first-order valence-corrected chi connectivity index (χ1v) is 9.89. The first-order valence-electron chi connectivity index (χ1n) is 9.89. The molecule has 1 aliphatic rings. The molecule has 29 heavy (non-hydrogen) atoms. The van der Waals surface area contributed by atoms with Crippen LogP contribution in [0.3, 0.4) is 0 Å². The van der Waals surface area contributed by atoms with Gasteiger partial charge in [0.2, 0.25) is 0 Å². The summed E-state index contributed by atoms with van der Waals surface area (Å²) in [6, 6.07) is 17.8. The number of carbonyl (C=O) groups excluding carboxylic acids is 1. The van der Waals surface area contributed by atoms with Crippen molar-refractivity contribution in [3.63, 3.8) is 0 Å². The van der Waals surface area contributed by atoms with Gasteiger partial charge in [0, 0.05) is 50.2 Å². The Kier molecular flexibility index (Phi) is 5.62. The molecule has 0 aliphatic carbocycles. The summed E-state index contributed by atoms with van der Waals surface area (Å²) < 4.78 is 7.08. The maximum Gasteiger partial charge on any atom is 0.253 e. The third-order valence-corrected chi connectivity index (χ3v) is 5.42. The van der Waals surface area contributed by atoms with Crippen molar-refractivity contribution in [1.29, 1.82) is 0 Å². The predicted octanol–water partition coefficient (Wildman–Crippen LogP) is 3.15. The largest absolute Gasteiger partial charge is 0.497 e. The standard InChI is InChI=1S/C23H26N4O2/c1-18-11-12-24-27(18)21-7-5-20(6-8-21)23(28)26-15-13-25(14-16-26)17-19-3-9-22(29-2)10-4-19/h3-12H,13-17H2,1-2H3. The van der Waals surface area contributed by atoms with Gasteiger partial charge in [0.15, 0.2) is 0 Å². The molecule has 6 heteroatoms. The summed E-state index contributed by atoms with van der Waals surface area (Å²) in [5, 5.41) is 4.31. The number of methoxy groups -OCH3 is 1. The minimum atomic E-state index is 0.0952. The van der Waals surface area contributed by atoms with E-state index in [1.807, 2.05) is 59.0 Å². The molecule has 0 bridgehead atoms. The third kappa shape index (κ3) is 4.32. The molecule has 0 radical (unpaired) electrons. The van der Waals surface area contributed by atoms with E-state index >= 15 is 0 Å². The highest BCUT2D eigenvalue weighted by Crippen LogP contribution is 2.16. The third-order valence-electron chi connectivity index (χ3n) is 5.42. The maximum absolute atomic E-state index is 12.9. The number of ether oxygens (including phenoxy) is 1. The predicted molar refractivity (Wildman–Crippen MR) is 112 cm³/mol. The Labute approximate surface area is 171 Å². The fourth-order valence-corrected chi connectivity index (χ4v) is 3.67. The van der Waals surface area contributed by atoms with Crippen LogP contribution in [0.2, 0.25) is 0 Å². The Morgan fingerprint density at radius 1 is 0.966 bits per heavy atom. The molecule has 0 spiro atoms. The van der Waals surface area contributed by atoms with Gasteiger partial charge in [0.1, 0.15) is 5.75 Å². The smallest absolute Gasteiger partial charge is 0.253 e. The molecule has 2 heterocycles. The van der Waals surface area contributed by atoms with Crippen LogP contribution in [-0.4, -0.2) is 58.8 Å². The van der Waals surface area contributed by atoms with Crippen LogP contribution in [0, 0.1) is 6.92 Å². The molecule has 0 atom stereocenters. The second-order valence-corrected chi connectivity index (χ2v) is 7.35. The zero-order chi connectivity index (χ0) is 20.2. The molecule has 0 unspecified atom stereocenters. The summed E-state index contributed by atoms with van der Waals surface area (Å²) in [6.07, 6.45) is 1.78. The first-order chi connectivity index (χ1) is 14.1.